The van der Waals surface area contributed by atoms with Crippen LogP contribution in [0, 0.1) is 10.2 Å². The van der Waals surface area contributed by atoms with Gasteiger partial charge in [-0.25, -0.2) is 0 Å². The van der Waals surface area contributed by atoms with E-state index in [9.17, 15) is 0 Å². The van der Waals surface area contributed by atoms with Gasteiger partial charge in [-0.05, 0) is 10.8 Å². The van der Waals surface area contributed by atoms with E-state index >= 15 is 0 Å². The summed E-state index contributed by atoms with van der Waals surface area (Å²) in [6.45, 7) is 2.23. The number of hydrogen-bond acceptors (Lipinski definition) is 4. The molecule has 11 heavy (non-hydrogen) atoms. The van der Waals surface area contributed by atoms with Crippen molar-refractivity contribution >= 4 is 22.6 Å². The number of unbranched alkanes of at least 4 members (excludes halogenated alkanes) is 2. The van der Waals surface area contributed by atoms with E-state index in [0.29, 0.717) is 0 Å². The quantitative estimate of drug-likeness (QED) is 0.390. The van der Waals surface area contributed by atoms with Crippen LogP contribution in [0.2, 0.25) is 0 Å². The van der Waals surface area contributed by atoms with Gasteiger partial charge in [-0.2, -0.15) is 14.0 Å². The van der Waals surface area contributed by atoms with Gasteiger partial charge in [0.15, 0.2) is 0 Å². The van der Waals surface area contributed by atoms with Crippen molar-refractivity contribution in [2.75, 3.05) is 4.43 Å². The van der Waals surface area contributed by atoms with Gasteiger partial charge in [-0.15, -0.1) is 0 Å². The van der Waals surface area contributed by atoms with Gasteiger partial charge in [-0.3, -0.25) is 0 Å². The highest BCUT2D eigenvalue weighted by atomic mass is 127. The van der Waals surface area contributed by atoms with Gasteiger partial charge in [0.25, 0.3) is 0 Å². The number of halogens is 2. The molecule has 70 valence electrons. The summed E-state index contributed by atoms with van der Waals surface area (Å²) in [6, 6.07) is 0. The summed E-state index contributed by atoms with van der Waals surface area (Å²) in [7, 11) is -4.69. The molecular weight excluding hydrogens is 286 g/mol. The molecule has 0 saturated heterocycles. The Balaban J connectivity index is 0. The smallest absolute Gasteiger partial charge is 0.0777 e. The molecule has 0 amide bonds. The van der Waals surface area contributed by atoms with E-state index in [4.69, 9.17) is 18.6 Å². The number of hydrogen-bond donors (Lipinski definition) is 1. The van der Waals surface area contributed by atoms with Gasteiger partial charge < -0.3 is 0 Å². The maximum absolute atomic E-state index is 8.60. The first-order valence-electron chi connectivity index (χ1n) is 3.11. The second-order valence-corrected chi connectivity index (χ2v) is 3.66. The molecule has 4 nitrogen and oxygen atoms in total. The summed E-state index contributed by atoms with van der Waals surface area (Å²) in [6.07, 6.45) is 4.16. The van der Waals surface area contributed by atoms with E-state index in [-0.39, 0.29) is 0 Å². The van der Waals surface area contributed by atoms with Crippen LogP contribution in [0.3, 0.4) is 0 Å². The van der Waals surface area contributed by atoms with Gasteiger partial charge in [0.05, 0.1) is 14.9 Å². The van der Waals surface area contributed by atoms with Crippen molar-refractivity contribution in [3.05, 3.63) is 0 Å². The molecule has 0 aromatic heterocycles. The molecule has 0 aromatic rings. The first-order valence-corrected chi connectivity index (χ1v) is 5.90. The number of alkyl halides is 1. The van der Waals surface area contributed by atoms with E-state index < -0.39 is 10.2 Å². The Morgan fingerprint density at radius 1 is 1.27 bits per heavy atom. The molecule has 0 spiro atoms. The molecule has 0 aromatic carbocycles. The molecule has 1 N–H and O–H groups in total. The van der Waals surface area contributed by atoms with E-state index in [2.05, 4.69) is 29.5 Å². The maximum atomic E-state index is 8.60. The van der Waals surface area contributed by atoms with Crippen molar-refractivity contribution in [2.24, 2.45) is 0 Å². The molecule has 0 rings (SSSR count). The lowest BCUT2D eigenvalue weighted by Gasteiger charge is -2.03. The van der Waals surface area contributed by atoms with Crippen LogP contribution < -0.4 is 14.0 Å². The highest BCUT2D eigenvalue weighted by Crippen LogP contribution is 1.96. The minimum Gasteiger partial charge on any atom is -0.183 e. The molecule has 0 atom stereocenters. The van der Waals surface area contributed by atoms with Crippen molar-refractivity contribution in [2.45, 2.75) is 26.2 Å². The van der Waals surface area contributed by atoms with Crippen molar-refractivity contribution in [3.8, 4) is 0 Å². The third-order valence-electron chi connectivity index (χ3n) is 0.737. The summed E-state index contributed by atoms with van der Waals surface area (Å²) < 4.78 is 34.0. The zero-order valence-corrected chi connectivity index (χ0v) is 9.17. The van der Waals surface area contributed by atoms with E-state index in [0.717, 1.165) is 0 Å². The van der Waals surface area contributed by atoms with Crippen LogP contribution in [0.15, 0.2) is 0 Å². The van der Waals surface area contributed by atoms with Crippen molar-refractivity contribution in [3.63, 3.8) is 0 Å². The second kappa shape index (κ2) is 8.95. The maximum Gasteiger partial charge on any atom is 0.0777 e. The summed E-state index contributed by atoms with van der Waals surface area (Å²) >= 11 is 2.41. The van der Waals surface area contributed by atoms with Crippen LogP contribution in [0.5, 0.6) is 0 Å². The van der Waals surface area contributed by atoms with Gasteiger partial charge in [0, 0.05) is 0 Å². The molecule has 0 radical (unpaired) electrons. The molecule has 0 saturated carbocycles. The Hall–Kier alpha value is 0.860. The van der Waals surface area contributed by atoms with E-state index in [1.165, 1.54) is 23.7 Å². The van der Waals surface area contributed by atoms with Crippen LogP contribution in [-0.4, -0.2) is 9.09 Å². The SMILES string of the molecule is CCCCCI.[O-][Cl+3]([O-])([O-])O. The van der Waals surface area contributed by atoms with Gasteiger partial charge in [0.2, 0.25) is 0 Å². The molecule has 0 aliphatic carbocycles. The summed E-state index contributed by atoms with van der Waals surface area (Å²) in [5.41, 5.74) is 0. The molecular formula is C5H12ClIO4. The minimum absolute atomic E-state index is 1.32. The molecule has 0 aliphatic heterocycles. The normalized spacial score (nSPS) is 10.4. The standard InChI is InChI=1S/C5H11I.ClHO4/c1-2-3-4-5-6;2-1(3,4)5/h2-5H2,1H3;(H,2,3,4,5). The first-order chi connectivity index (χ1) is 4.91. The predicted octanol–water partition coefficient (Wildman–Crippen LogP) is -1.51. The highest BCUT2D eigenvalue weighted by molar-refractivity contribution is 14.1. The zero-order chi connectivity index (χ0) is 9.33. The Morgan fingerprint density at radius 3 is 1.73 bits per heavy atom. The largest absolute Gasteiger partial charge is 0.183 e. The lowest BCUT2D eigenvalue weighted by molar-refractivity contribution is -1.92. The lowest BCUT2D eigenvalue weighted by atomic mass is 10.3. The first kappa shape index (κ1) is 14.4. The minimum atomic E-state index is -4.69. The molecule has 0 unspecified atom stereocenters. The van der Waals surface area contributed by atoms with Crippen LogP contribution >= 0.6 is 22.6 Å². The lowest BCUT2D eigenvalue weighted by Crippen LogP contribution is -2.58. The summed E-state index contributed by atoms with van der Waals surface area (Å²) in [5.74, 6) is 0. The molecule has 0 aliphatic rings. The van der Waals surface area contributed by atoms with Crippen LogP contribution in [-0.2, 0) is 0 Å². The Labute approximate surface area is 82.1 Å². The van der Waals surface area contributed by atoms with E-state index in [1.54, 1.807) is 0 Å². The molecule has 0 fully saturated rings. The van der Waals surface area contributed by atoms with Crippen molar-refractivity contribution < 1.29 is 28.9 Å². The fourth-order valence-corrected chi connectivity index (χ4v) is 0.884. The average molecular weight is 299 g/mol. The van der Waals surface area contributed by atoms with Gasteiger partial charge >= 0.3 is 0 Å². The fourth-order valence-electron chi connectivity index (χ4n) is 0.344. The molecule has 6 heteroatoms. The van der Waals surface area contributed by atoms with Crippen molar-refractivity contribution in [1.82, 2.24) is 0 Å². The highest BCUT2D eigenvalue weighted by Gasteiger charge is 1.98. The molecule has 0 heterocycles. The van der Waals surface area contributed by atoms with Gasteiger partial charge in [-0.1, -0.05) is 42.4 Å². The fraction of sp³-hybridized carbons (Fsp3) is 1.00. The van der Waals surface area contributed by atoms with E-state index in [1.807, 2.05) is 0 Å². The Kier molecular flexibility index (Phi) is 11.7. The third-order valence-corrected chi connectivity index (χ3v) is 1.50. The third kappa shape index (κ3) is 57.2. The molecule has 0 bridgehead atoms. The second-order valence-electron chi connectivity index (χ2n) is 1.79. The summed E-state index contributed by atoms with van der Waals surface area (Å²) in [5, 5.41) is 0. The number of rotatable bonds is 3. The summed E-state index contributed by atoms with van der Waals surface area (Å²) in [4.78, 5) is 0. The van der Waals surface area contributed by atoms with Crippen molar-refractivity contribution in [1.29, 1.82) is 0 Å². The van der Waals surface area contributed by atoms with Crippen LogP contribution in [0.25, 0.3) is 0 Å². The van der Waals surface area contributed by atoms with Crippen LogP contribution in [0.1, 0.15) is 26.2 Å². The van der Waals surface area contributed by atoms with Crippen LogP contribution in [0.4, 0.5) is 0 Å². The Bertz CT molecular complexity index is 65.4. The van der Waals surface area contributed by atoms with Gasteiger partial charge in [0.1, 0.15) is 0 Å². The Morgan fingerprint density at radius 2 is 1.64 bits per heavy atom. The topological polar surface area (TPSA) is 89.4 Å². The predicted molar refractivity (Wildman–Crippen MR) is 40.6 cm³/mol. The monoisotopic (exact) mass is 298 g/mol. The zero-order valence-electron chi connectivity index (χ0n) is 6.26. The average Bonchev–Trinajstić information content (AvgIpc) is 1.79.